The SMILES string of the molecule is O=C(CC1CCC(CCN2CCN(c3cccc4c3OCO4)CC2)CC1)CC1CC(CO)C1. The molecule has 33 heavy (non-hydrogen) atoms. The Morgan fingerprint density at radius 3 is 2.39 bits per heavy atom. The van der Waals surface area contributed by atoms with Crippen LogP contribution in [0.3, 0.4) is 0 Å². The van der Waals surface area contributed by atoms with Crippen LogP contribution in [-0.4, -0.2) is 61.9 Å². The lowest BCUT2D eigenvalue weighted by Crippen LogP contribution is -2.47. The number of para-hydroxylation sites is 1. The van der Waals surface area contributed by atoms with Gasteiger partial charge in [-0.3, -0.25) is 9.69 Å². The van der Waals surface area contributed by atoms with Crippen LogP contribution in [0, 0.1) is 23.7 Å². The summed E-state index contributed by atoms with van der Waals surface area (Å²) in [6.07, 6.45) is 10.0. The summed E-state index contributed by atoms with van der Waals surface area (Å²) in [4.78, 5) is 17.5. The second-order valence-corrected chi connectivity index (χ2v) is 10.8. The predicted molar refractivity (Wildman–Crippen MR) is 129 cm³/mol. The van der Waals surface area contributed by atoms with Gasteiger partial charge in [-0.25, -0.2) is 0 Å². The van der Waals surface area contributed by atoms with Gasteiger partial charge in [0.1, 0.15) is 5.78 Å². The van der Waals surface area contributed by atoms with E-state index < -0.39 is 0 Å². The molecule has 4 aliphatic rings. The van der Waals surface area contributed by atoms with Gasteiger partial charge in [-0.1, -0.05) is 18.9 Å². The number of anilines is 1. The number of Topliss-reactive ketones (excluding diaryl/α,β-unsaturated/α-hetero) is 1. The van der Waals surface area contributed by atoms with Gasteiger partial charge in [-0.15, -0.1) is 0 Å². The van der Waals surface area contributed by atoms with Crippen LogP contribution in [0.5, 0.6) is 11.5 Å². The fraction of sp³-hybridized carbons (Fsp3) is 0.741. The molecule has 2 saturated carbocycles. The fourth-order valence-electron chi connectivity index (χ4n) is 6.38. The van der Waals surface area contributed by atoms with E-state index in [0.29, 0.717) is 36.9 Å². The molecule has 2 heterocycles. The number of hydrogen-bond donors (Lipinski definition) is 1. The first-order valence-electron chi connectivity index (χ1n) is 13.2. The minimum Gasteiger partial charge on any atom is -0.454 e. The lowest BCUT2D eigenvalue weighted by molar-refractivity contribution is -0.122. The van der Waals surface area contributed by atoms with E-state index in [1.165, 1.54) is 44.3 Å². The molecule has 0 unspecified atom stereocenters. The van der Waals surface area contributed by atoms with Crippen LogP contribution < -0.4 is 14.4 Å². The van der Waals surface area contributed by atoms with Crippen molar-refractivity contribution in [1.82, 2.24) is 4.90 Å². The molecule has 1 saturated heterocycles. The van der Waals surface area contributed by atoms with Crippen molar-refractivity contribution in [2.75, 3.05) is 51.0 Å². The Hall–Kier alpha value is -1.79. The normalized spacial score (nSPS) is 29.7. The Morgan fingerprint density at radius 1 is 0.909 bits per heavy atom. The average Bonchev–Trinajstić information content (AvgIpc) is 3.30. The highest BCUT2D eigenvalue weighted by Gasteiger charge is 2.31. The van der Waals surface area contributed by atoms with Gasteiger partial charge in [0, 0.05) is 45.6 Å². The molecule has 0 aromatic heterocycles. The fourth-order valence-corrected chi connectivity index (χ4v) is 6.38. The molecule has 2 aliphatic heterocycles. The molecule has 1 aromatic carbocycles. The summed E-state index contributed by atoms with van der Waals surface area (Å²) in [5.74, 6) is 4.70. The Morgan fingerprint density at radius 2 is 1.64 bits per heavy atom. The standard InChI is InChI=1S/C27H40N2O4/c30-18-23-14-22(15-23)17-24(31)16-21-6-4-20(5-7-21)8-9-28-10-12-29(13-11-28)25-2-1-3-26-27(25)33-19-32-26/h1-3,20-23,30H,4-19H2. The number of rotatable bonds is 9. The van der Waals surface area contributed by atoms with Crippen molar-refractivity contribution >= 4 is 11.5 Å². The lowest BCUT2D eigenvalue weighted by atomic mass is 9.71. The summed E-state index contributed by atoms with van der Waals surface area (Å²) in [7, 11) is 0. The lowest BCUT2D eigenvalue weighted by Gasteiger charge is -2.37. The van der Waals surface area contributed by atoms with Gasteiger partial charge in [0.15, 0.2) is 11.5 Å². The summed E-state index contributed by atoms with van der Waals surface area (Å²) in [5.41, 5.74) is 1.17. The quantitative estimate of drug-likeness (QED) is 0.604. The molecule has 0 amide bonds. The molecular weight excluding hydrogens is 416 g/mol. The number of carbonyl (C=O) groups is 1. The van der Waals surface area contributed by atoms with E-state index in [9.17, 15) is 4.79 Å². The Bertz CT molecular complexity index is 793. The van der Waals surface area contributed by atoms with Crippen molar-refractivity contribution in [3.8, 4) is 11.5 Å². The van der Waals surface area contributed by atoms with Crippen molar-refractivity contribution in [3.05, 3.63) is 18.2 Å². The Labute approximate surface area is 198 Å². The van der Waals surface area contributed by atoms with Crippen LogP contribution >= 0.6 is 0 Å². The topological polar surface area (TPSA) is 62.2 Å². The van der Waals surface area contributed by atoms with Crippen LogP contribution in [0.4, 0.5) is 5.69 Å². The van der Waals surface area contributed by atoms with Crippen LogP contribution in [0.2, 0.25) is 0 Å². The highest BCUT2D eigenvalue weighted by molar-refractivity contribution is 5.79. The maximum absolute atomic E-state index is 12.4. The number of aliphatic hydroxyl groups is 1. The minimum atomic E-state index is 0.295. The second-order valence-electron chi connectivity index (χ2n) is 10.8. The maximum atomic E-state index is 12.4. The molecular formula is C27H40N2O4. The van der Waals surface area contributed by atoms with Crippen molar-refractivity contribution in [2.24, 2.45) is 23.7 Å². The van der Waals surface area contributed by atoms with Crippen LogP contribution in [0.25, 0.3) is 0 Å². The molecule has 3 fully saturated rings. The smallest absolute Gasteiger partial charge is 0.231 e. The van der Waals surface area contributed by atoms with Crippen molar-refractivity contribution in [3.63, 3.8) is 0 Å². The number of ketones is 1. The van der Waals surface area contributed by atoms with Crippen molar-refractivity contribution < 1.29 is 19.4 Å². The third-order valence-electron chi connectivity index (χ3n) is 8.53. The van der Waals surface area contributed by atoms with Crippen LogP contribution in [0.1, 0.15) is 57.8 Å². The Balaban J connectivity index is 0.971. The number of ether oxygens (including phenoxy) is 2. The molecule has 0 bridgehead atoms. The summed E-state index contributed by atoms with van der Waals surface area (Å²) >= 11 is 0. The second kappa shape index (κ2) is 10.6. The number of fused-ring (bicyclic) bond motifs is 1. The van der Waals surface area contributed by atoms with Gasteiger partial charge in [0.25, 0.3) is 0 Å². The number of piperazine rings is 1. The van der Waals surface area contributed by atoms with E-state index in [2.05, 4.69) is 21.9 Å². The highest BCUT2D eigenvalue weighted by atomic mass is 16.7. The van der Waals surface area contributed by atoms with E-state index in [-0.39, 0.29) is 0 Å². The third kappa shape index (κ3) is 5.65. The number of benzene rings is 1. The van der Waals surface area contributed by atoms with E-state index >= 15 is 0 Å². The van der Waals surface area contributed by atoms with Crippen LogP contribution in [0.15, 0.2) is 18.2 Å². The first-order valence-corrected chi connectivity index (χ1v) is 13.2. The van der Waals surface area contributed by atoms with E-state index in [4.69, 9.17) is 14.6 Å². The zero-order chi connectivity index (χ0) is 22.6. The largest absolute Gasteiger partial charge is 0.454 e. The molecule has 5 rings (SSSR count). The molecule has 0 atom stereocenters. The third-order valence-corrected chi connectivity index (χ3v) is 8.53. The van der Waals surface area contributed by atoms with Gasteiger partial charge in [0.2, 0.25) is 6.79 Å². The predicted octanol–water partition coefficient (Wildman–Crippen LogP) is 4.10. The first-order chi connectivity index (χ1) is 16.2. The van der Waals surface area contributed by atoms with Gasteiger partial charge < -0.3 is 19.5 Å². The van der Waals surface area contributed by atoms with Crippen molar-refractivity contribution in [2.45, 2.75) is 57.8 Å². The summed E-state index contributed by atoms with van der Waals surface area (Å²) in [6.45, 7) is 6.10. The molecule has 0 radical (unpaired) electrons. The number of aliphatic hydroxyl groups excluding tert-OH is 1. The molecule has 6 heteroatoms. The van der Waals surface area contributed by atoms with E-state index in [0.717, 1.165) is 69.3 Å². The molecule has 1 aromatic rings. The van der Waals surface area contributed by atoms with E-state index in [1.807, 2.05) is 6.07 Å². The zero-order valence-electron chi connectivity index (χ0n) is 19.9. The molecule has 182 valence electrons. The highest BCUT2D eigenvalue weighted by Crippen LogP contribution is 2.41. The van der Waals surface area contributed by atoms with Crippen LogP contribution in [-0.2, 0) is 4.79 Å². The minimum absolute atomic E-state index is 0.295. The number of carbonyl (C=O) groups excluding carboxylic acids is 1. The summed E-state index contributed by atoms with van der Waals surface area (Å²) < 4.78 is 11.2. The van der Waals surface area contributed by atoms with Gasteiger partial charge >= 0.3 is 0 Å². The zero-order valence-corrected chi connectivity index (χ0v) is 19.9. The molecule has 6 nitrogen and oxygen atoms in total. The maximum Gasteiger partial charge on any atom is 0.231 e. The first kappa shape index (κ1) is 23.0. The molecule has 1 N–H and O–H groups in total. The summed E-state index contributed by atoms with van der Waals surface area (Å²) in [6, 6.07) is 6.18. The average molecular weight is 457 g/mol. The van der Waals surface area contributed by atoms with Gasteiger partial charge in [-0.2, -0.15) is 0 Å². The van der Waals surface area contributed by atoms with Gasteiger partial charge in [0.05, 0.1) is 5.69 Å². The number of nitrogens with zero attached hydrogens (tertiary/aromatic N) is 2. The molecule has 2 aliphatic carbocycles. The summed E-state index contributed by atoms with van der Waals surface area (Å²) in [5, 5.41) is 9.14. The van der Waals surface area contributed by atoms with E-state index in [1.54, 1.807) is 0 Å². The molecule has 0 spiro atoms. The van der Waals surface area contributed by atoms with Crippen molar-refractivity contribution in [1.29, 1.82) is 0 Å². The Kier molecular flexibility index (Phi) is 7.41. The number of hydrogen-bond acceptors (Lipinski definition) is 6. The van der Waals surface area contributed by atoms with Gasteiger partial charge in [-0.05, 0) is 74.5 Å². The monoisotopic (exact) mass is 456 g/mol.